The van der Waals surface area contributed by atoms with Gasteiger partial charge in [-0.2, -0.15) is 11.3 Å². The molecule has 1 aliphatic heterocycles. The van der Waals surface area contributed by atoms with Crippen LogP contribution < -0.4 is 10.1 Å². The van der Waals surface area contributed by atoms with E-state index in [-0.39, 0.29) is 14.8 Å². The third kappa shape index (κ3) is 12.3. The van der Waals surface area contributed by atoms with Crippen molar-refractivity contribution < 1.29 is 30.1 Å². The molecule has 0 saturated heterocycles. The molecule has 3 heterocycles. The highest BCUT2D eigenvalue weighted by Gasteiger charge is 2.29. The fourth-order valence-corrected chi connectivity index (χ4v) is 5.54. The molecule has 0 aliphatic carbocycles. The van der Waals surface area contributed by atoms with Gasteiger partial charge in [-0.3, -0.25) is 9.59 Å². The van der Waals surface area contributed by atoms with Crippen LogP contribution in [0.2, 0.25) is 0 Å². The molecule has 0 spiro atoms. The van der Waals surface area contributed by atoms with E-state index < -0.39 is 11.9 Å². The van der Waals surface area contributed by atoms with Crippen molar-refractivity contribution in [2.45, 2.75) is 104 Å². The number of rotatable bonds is 18. The predicted octanol–water partition coefficient (Wildman–Crippen LogP) is 8.44. The summed E-state index contributed by atoms with van der Waals surface area (Å²) in [6.07, 6.45) is 18.6. The van der Waals surface area contributed by atoms with Gasteiger partial charge in [-0.05, 0) is 6.42 Å². The van der Waals surface area contributed by atoms with E-state index >= 15 is 0 Å². The second kappa shape index (κ2) is 20.4. The molecule has 38 heavy (non-hydrogen) atoms. The molecule has 9 heteroatoms. The molecule has 1 N–H and O–H groups in total. The molecule has 0 aromatic carbocycles. The molecule has 0 radical (unpaired) electrons. The molecule has 3 rings (SSSR count). The normalized spacial score (nSPS) is 11.6. The predicted molar refractivity (Wildman–Crippen MR) is 157 cm³/mol. The molecule has 2 aromatic heterocycles. The van der Waals surface area contributed by atoms with Gasteiger partial charge < -0.3 is 14.8 Å². The summed E-state index contributed by atoms with van der Waals surface area (Å²) < 4.78 is 9.10. The van der Waals surface area contributed by atoms with E-state index in [1.54, 1.807) is 21.5 Å². The van der Waals surface area contributed by atoms with Crippen molar-refractivity contribution in [1.82, 2.24) is 5.32 Å². The molecule has 0 saturated carbocycles. The average Bonchev–Trinajstić information content (AvgIpc) is 3.62. The van der Waals surface area contributed by atoms with E-state index in [2.05, 4.69) is 17.0 Å². The van der Waals surface area contributed by atoms with Crippen molar-refractivity contribution in [1.29, 1.82) is 0 Å². The fraction of sp³-hybridized carbons (Fsp3) is 0.586. The Labute approximate surface area is 236 Å². The molecular weight excluding hydrogens is 522 g/mol. The molecular formula is C29H45NO6S2. The van der Waals surface area contributed by atoms with E-state index in [9.17, 15) is 19.2 Å². The van der Waals surface area contributed by atoms with Crippen LogP contribution in [0.3, 0.4) is 0 Å². The Morgan fingerprint density at radius 1 is 0.816 bits per heavy atom. The van der Waals surface area contributed by atoms with Crippen molar-refractivity contribution in [3.05, 3.63) is 38.2 Å². The topological polar surface area (TPSA) is 98.8 Å². The van der Waals surface area contributed by atoms with Crippen molar-refractivity contribution in [3.63, 3.8) is 0 Å². The Kier molecular flexibility index (Phi) is 18.0. The first-order valence-corrected chi connectivity index (χ1v) is 15.2. The van der Waals surface area contributed by atoms with Crippen molar-refractivity contribution >= 4 is 47.0 Å². The maximum Gasteiger partial charge on any atom is 0.347 e. The van der Waals surface area contributed by atoms with Gasteiger partial charge in [0.25, 0.3) is 12.4 Å². The van der Waals surface area contributed by atoms with Gasteiger partial charge in [0.1, 0.15) is 0 Å². The molecule has 7 nitrogen and oxygen atoms in total. The zero-order chi connectivity index (χ0) is 26.7. The largest absolute Gasteiger partial charge is 0.427 e. The minimum Gasteiger partial charge on any atom is -0.427 e. The number of cyclic esters (lactones) is 2. The fourth-order valence-electron chi connectivity index (χ4n) is 4.02. The minimum atomic E-state index is -0.527. The highest BCUT2D eigenvalue weighted by atomic mass is 32.1. The van der Waals surface area contributed by atoms with E-state index in [0.717, 1.165) is 12.8 Å². The number of hydrogen-bond donors (Lipinski definition) is 1. The number of esters is 2. The van der Waals surface area contributed by atoms with Crippen LogP contribution in [0.4, 0.5) is 0 Å². The van der Waals surface area contributed by atoms with Crippen molar-refractivity contribution in [2.24, 2.45) is 0 Å². The number of ether oxygens (including phenoxy) is 2. The molecule has 0 unspecified atom stereocenters. The first-order chi connectivity index (χ1) is 18.1. The zero-order valence-corrected chi connectivity index (χ0v) is 23.4. The summed E-state index contributed by atoms with van der Waals surface area (Å²) in [5, 5.41) is 9.50. The lowest BCUT2D eigenvalue weighted by atomic mass is 10.0. The van der Waals surface area contributed by atoms with E-state index in [1.807, 2.05) is 0 Å². The van der Waals surface area contributed by atoms with Crippen LogP contribution in [0.15, 0.2) is 21.5 Å². The number of carbonyl (C=O) groups is 4. The number of unbranched alkanes of at least 4 members (excludes halogenated alkanes) is 13. The summed E-state index contributed by atoms with van der Waals surface area (Å²) in [5.74, 6) is -0.876. The smallest absolute Gasteiger partial charge is 0.347 e. The standard InChI is InChI=1S/C22H37NO3S.C6H2O3S.CH4.H2/c1-2-3-4-5-6-7-8-9-10-11-12-13-14-15-16-23-22(25)20-17-27-18-21(20)26-19-24;7-5-3-1-10-2-4(3)6(8)9-5;;/h17-19H,2-16H2,1H3,(H,23,25);1-2H;1H4;1H/i;;;1+1. The number of amides is 1. The number of nitrogens with one attached hydrogen (secondary N) is 1. The SMILES string of the molecule is C.CCCCCCCCCCCCCCCCNC(=O)c1cscc1OC=O.O=C1OC(=O)c2cscc21.[2HH]. The summed E-state index contributed by atoms with van der Waals surface area (Å²) >= 11 is 2.68. The van der Waals surface area contributed by atoms with E-state index in [4.69, 9.17) is 4.74 Å². The maximum atomic E-state index is 12.0. The summed E-state index contributed by atoms with van der Waals surface area (Å²) in [4.78, 5) is 43.8. The van der Waals surface area contributed by atoms with Crippen molar-refractivity contribution in [2.75, 3.05) is 6.54 Å². The second-order valence-electron chi connectivity index (χ2n) is 9.09. The summed E-state index contributed by atoms with van der Waals surface area (Å²) in [6, 6.07) is 0. The van der Waals surface area contributed by atoms with Crippen LogP contribution in [-0.4, -0.2) is 30.9 Å². The van der Waals surface area contributed by atoms with Crippen LogP contribution in [0.1, 0.15) is 137 Å². The first-order valence-electron chi connectivity index (χ1n) is 13.4. The highest BCUT2D eigenvalue weighted by molar-refractivity contribution is 7.08. The van der Waals surface area contributed by atoms with Gasteiger partial charge in [0.05, 0.1) is 16.7 Å². The third-order valence-corrected chi connectivity index (χ3v) is 7.61. The quantitative estimate of drug-likeness (QED) is 0.0838. The van der Waals surface area contributed by atoms with Gasteiger partial charge in [0.15, 0.2) is 5.75 Å². The zero-order valence-electron chi connectivity index (χ0n) is 21.8. The molecule has 0 bridgehead atoms. The van der Waals surface area contributed by atoms with E-state index in [1.165, 1.54) is 99.7 Å². The highest BCUT2D eigenvalue weighted by Crippen LogP contribution is 2.23. The van der Waals surface area contributed by atoms with Crippen LogP contribution in [-0.2, 0) is 9.53 Å². The Bertz CT molecular complexity index is 946. The summed E-state index contributed by atoms with van der Waals surface area (Å²) in [7, 11) is 0. The maximum absolute atomic E-state index is 12.0. The van der Waals surface area contributed by atoms with Crippen LogP contribution in [0, 0.1) is 0 Å². The molecule has 0 fully saturated rings. The average molecular weight is 569 g/mol. The van der Waals surface area contributed by atoms with Crippen LogP contribution >= 0.6 is 22.7 Å². The van der Waals surface area contributed by atoms with Gasteiger partial charge in [-0.25, -0.2) is 9.59 Å². The summed E-state index contributed by atoms with van der Waals surface area (Å²) in [5.41, 5.74) is 1.24. The van der Waals surface area contributed by atoms with Crippen LogP contribution in [0.5, 0.6) is 5.75 Å². The van der Waals surface area contributed by atoms with Gasteiger partial charge in [0.2, 0.25) is 0 Å². The molecule has 214 valence electrons. The van der Waals surface area contributed by atoms with Gasteiger partial charge in [-0.1, -0.05) is 97.8 Å². The monoisotopic (exact) mass is 568 g/mol. The summed E-state index contributed by atoms with van der Waals surface area (Å²) in [6.45, 7) is 3.29. The number of fused-ring (bicyclic) bond motifs is 1. The Morgan fingerprint density at radius 3 is 1.79 bits per heavy atom. The van der Waals surface area contributed by atoms with E-state index in [0.29, 0.717) is 35.5 Å². The van der Waals surface area contributed by atoms with Crippen molar-refractivity contribution in [3.8, 4) is 5.75 Å². The number of thiophene rings is 2. The molecule has 1 amide bonds. The van der Waals surface area contributed by atoms with Gasteiger partial charge in [-0.15, -0.1) is 11.3 Å². The molecule has 2 aromatic rings. The molecule has 1 aliphatic rings. The van der Waals surface area contributed by atoms with Crippen LogP contribution in [0.25, 0.3) is 0 Å². The van der Waals surface area contributed by atoms with Gasteiger partial charge in [0, 0.05) is 29.5 Å². The number of carbonyl (C=O) groups excluding carboxylic acids is 4. The molecule has 0 atom stereocenters. The lowest BCUT2D eigenvalue weighted by Crippen LogP contribution is -2.24. The van der Waals surface area contributed by atoms with Gasteiger partial charge >= 0.3 is 11.9 Å². The lowest BCUT2D eigenvalue weighted by Gasteiger charge is -2.06. The number of hydrogen-bond acceptors (Lipinski definition) is 8. The Hall–Kier alpha value is -2.52. The Balaban J connectivity index is 0.000000999. The second-order valence-corrected chi connectivity index (χ2v) is 10.6. The third-order valence-electron chi connectivity index (χ3n) is 6.15. The first kappa shape index (κ1) is 33.5. The lowest BCUT2D eigenvalue weighted by molar-refractivity contribution is -0.120. The Morgan fingerprint density at radius 2 is 1.29 bits per heavy atom. The minimum absolute atomic E-state index is 0.